The van der Waals surface area contributed by atoms with Crippen LogP contribution in [0.25, 0.3) is 0 Å². The number of benzene rings is 1. The van der Waals surface area contributed by atoms with Crippen LogP contribution in [-0.4, -0.2) is 42.4 Å². The van der Waals surface area contributed by atoms with Crippen molar-refractivity contribution in [1.29, 1.82) is 0 Å². The number of amides is 2. The van der Waals surface area contributed by atoms with Crippen LogP contribution in [0.5, 0.6) is 0 Å². The van der Waals surface area contributed by atoms with Gasteiger partial charge in [0.05, 0.1) is 18.9 Å². The van der Waals surface area contributed by atoms with Crippen molar-refractivity contribution in [2.24, 2.45) is 11.8 Å². The maximum absolute atomic E-state index is 12.6. The standard InChI is InChI=1S/C17H20N2O4/c1-9-5-7-10(8-6-9)13-11-12(15(21)19(3)14(11)20)17(2,18-13)16(22)23-4/h5-8,11-13,18H,1-4H3/t11-,12-,13-,17-/m0/s1. The smallest absolute Gasteiger partial charge is 0.326 e. The molecule has 122 valence electrons. The molecule has 2 aliphatic heterocycles. The van der Waals surface area contributed by atoms with E-state index >= 15 is 0 Å². The van der Waals surface area contributed by atoms with E-state index in [1.807, 2.05) is 31.2 Å². The Morgan fingerprint density at radius 3 is 2.39 bits per heavy atom. The van der Waals surface area contributed by atoms with E-state index in [-0.39, 0.29) is 11.8 Å². The largest absolute Gasteiger partial charge is 0.468 e. The summed E-state index contributed by atoms with van der Waals surface area (Å²) in [6.07, 6.45) is 0. The summed E-state index contributed by atoms with van der Waals surface area (Å²) >= 11 is 0. The molecule has 2 heterocycles. The molecule has 4 atom stereocenters. The number of aryl methyl sites for hydroxylation is 1. The molecule has 0 spiro atoms. The molecule has 0 radical (unpaired) electrons. The number of methoxy groups -OCH3 is 1. The molecule has 6 heteroatoms. The highest BCUT2D eigenvalue weighted by Gasteiger charge is 2.66. The van der Waals surface area contributed by atoms with E-state index in [0.717, 1.165) is 16.0 Å². The lowest BCUT2D eigenvalue weighted by molar-refractivity contribution is -0.152. The average molecular weight is 316 g/mol. The highest BCUT2D eigenvalue weighted by atomic mass is 16.5. The third-order valence-corrected chi connectivity index (χ3v) is 5.05. The second-order valence-electron chi connectivity index (χ2n) is 6.47. The van der Waals surface area contributed by atoms with Gasteiger partial charge in [0.25, 0.3) is 0 Å². The molecule has 0 aromatic heterocycles. The molecule has 2 fully saturated rings. The number of nitrogens with zero attached hydrogens (tertiary/aromatic N) is 1. The third-order valence-electron chi connectivity index (χ3n) is 5.05. The van der Waals surface area contributed by atoms with Gasteiger partial charge in [0.2, 0.25) is 11.8 Å². The molecule has 0 aliphatic carbocycles. The first-order valence-corrected chi connectivity index (χ1v) is 7.55. The summed E-state index contributed by atoms with van der Waals surface area (Å²) in [6.45, 7) is 3.61. The lowest BCUT2D eigenvalue weighted by Crippen LogP contribution is -2.53. The zero-order valence-electron chi connectivity index (χ0n) is 13.6. The fourth-order valence-electron chi connectivity index (χ4n) is 3.74. The molecular formula is C17H20N2O4. The van der Waals surface area contributed by atoms with Gasteiger partial charge in [0.1, 0.15) is 5.54 Å². The van der Waals surface area contributed by atoms with Gasteiger partial charge >= 0.3 is 5.97 Å². The van der Waals surface area contributed by atoms with E-state index in [1.165, 1.54) is 14.2 Å². The summed E-state index contributed by atoms with van der Waals surface area (Å²) in [5.41, 5.74) is 0.770. The van der Waals surface area contributed by atoms with Crippen LogP contribution >= 0.6 is 0 Å². The van der Waals surface area contributed by atoms with Gasteiger partial charge in [0, 0.05) is 13.1 Å². The van der Waals surface area contributed by atoms with Crippen LogP contribution in [0.3, 0.4) is 0 Å². The highest BCUT2D eigenvalue weighted by Crippen LogP contribution is 2.48. The van der Waals surface area contributed by atoms with Crippen molar-refractivity contribution < 1.29 is 19.1 Å². The van der Waals surface area contributed by atoms with Gasteiger partial charge in [-0.25, -0.2) is 0 Å². The lowest BCUT2D eigenvalue weighted by atomic mass is 9.80. The van der Waals surface area contributed by atoms with Crippen LogP contribution in [0.1, 0.15) is 24.1 Å². The minimum absolute atomic E-state index is 0.259. The van der Waals surface area contributed by atoms with Crippen molar-refractivity contribution in [1.82, 2.24) is 10.2 Å². The summed E-state index contributed by atoms with van der Waals surface area (Å²) in [7, 11) is 2.75. The number of carbonyl (C=O) groups excluding carboxylic acids is 3. The molecule has 1 aromatic carbocycles. The van der Waals surface area contributed by atoms with Crippen LogP contribution in [-0.2, 0) is 19.1 Å². The predicted octanol–water partition coefficient (Wildman–Crippen LogP) is 0.802. The topological polar surface area (TPSA) is 75.7 Å². The van der Waals surface area contributed by atoms with Crippen LogP contribution < -0.4 is 5.32 Å². The number of nitrogens with one attached hydrogen (secondary N) is 1. The number of carbonyl (C=O) groups is 3. The van der Waals surface area contributed by atoms with Crippen LogP contribution in [0, 0.1) is 18.8 Å². The van der Waals surface area contributed by atoms with Gasteiger partial charge in [-0.1, -0.05) is 29.8 Å². The van der Waals surface area contributed by atoms with Crippen molar-refractivity contribution in [3.8, 4) is 0 Å². The Hall–Kier alpha value is -2.21. The zero-order chi connectivity index (χ0) is 16.9. The molecular weight excluding hydrogens is 296 g/mol. The molecule has 1 N–H and O–H groups in total. The first-order valence-electron chi connectivity index (χ1n) is 7.55. The SMILES string of the molecule is COC(=O)[C@@]1(C)N[C@@H](c2ccc(C)cc2)[C@H]2C(=O)N(C)C(=O)[C@H]21. The monoisotopic (exact) mass is 316 g/mol. The van der Waals surface area contributed by atoms with Crippen LogP contribution in [0.15, 0.2) is 24.3 Å². The second-order valence-corrected chi connectivity index (χ2v) is 6.47. The molecule has 23 heavy (non-hydrogen) atoms. The maximum Gasteiger partial charge on any atom is 0.326 e. The van der Waals surface area contributed by atoms with E-state index in [2.05, 4.69) is 5.32 Å². The number of rotatable bonds is 2. The fourth-order valence-corrected chi connectivity index (χ4v) is 3.74. The first-order chi connectivity index (χ1) is 10.8. The summed E-state index contributed by atoms with van der Waals surface area (Å²) in [5, 5.41) is 3.19. The van der Waals surface area contributed by atoms with Crippen molar-refractivity contribution in [2.45, 2.75) is 25.4 Å². The van der Waals surface area contributed by atoms with Crippen LogP contribution in [0.2, 0.25) is 0 Å². The first kappa shape index (κ1) is 15.7. The van der Waals surface area contributed by atoms with Gasteiger partial charge in [-0.3, -0.25) is 24.6 Å². The minimum Gasteiger partial charge on any atom is -0.468 e. The fraction of sp³-hybridized carbons (Fsp3) is 0.471. The van der Waals surface area contributed by atoms with E-state index in [1.54, 1.807) is 6.92 Å². The summed E-state index contributed by atoms with van der Waals surface area (Å²) in [6, 6.07) is 7.34. The van der Waals surface area contributed by atoms with Crippen molar-refractivity contribution >= 4 is 17.8 Å². The lowest BCUT2D eigenvalue weighted by Gasteiger charge is -2.27. The normalized spacial score (nSPS) is 33.0. The number of hydrogen-bond donors (Lipinski definition) is 1. The van der Waals surface area contributed by atoms with Gasteiger partial charge in [-0.15, -0.1) is 0 Å². The zero-order valence-corrected chi connectivity index (χ0v) is 13.6. The van der Waals surface area contributed by atoms with Crippen molar-refractivity contribution in [3.63, 3.8) is 0 Å². The van der Waals surface area contributed by atoms with Crippen LogP contribution in [0.4, 0.5) is 0 Å². The molecule has 0 unspecified atom stereocenters. The molecule has 3 rings (SSSR count). The molecule has 2 aliphatic rings. The number of imide groups is 1. The predicted molar refractivity (Wildman–Crippen MR) is 82.2 cm³/mol. The van der Waals surface area contributed by atoms with E-state index < -0.39 is 29.4 Å². The third kappa shape index (κ3) is 2.09. The van der Waals surface area contributed by atoms with Gasteiger partial charge in [-0.2, -0.15) is 0 Å². The van der Waals surface area contributed by atoms with Crippen molar-refractivity contribution in [2.75, 3.05) is 14.2 Å². The van der Waals surface area contributed by atoms with Gasteiger partial charge < -0.3 is 4.74 Å². The maximum atomic E-state index is 12.6. The number of ether oxygens (including phenoxy) is 1. The Bertz CT molecular complexity index is 684. The number of hydrogen-bond acceptors (Lipinski definition) is 5. The summed E-state index contributed by atoms with van der Waals surface area (Å²) in [5.74, 6) is -2.47. The minimum atomic E-state index is -1.22. The van der Waals surface area contributed by atoms with Gasteiger partial charge in [-0.05, 0) is 19.4 Å². The van der Waals surface area contributed by atoms with E-state index in [4.69, 9.17) is 4.74 Å². The number of likely N-dealkylation sites (tertiary alicyclic amines) is 1. The van der Waals surface area contributed by atoms with Gasteiger partial charge in [0.15, 0.2) is 0 Å². The second kappa shape index (κ2) is 5.16. The average Bonchev–Trinajstić information content (AvgIpc) is 2.97. The highest BCUT2D eigenvalue weighted by molar-refractivity contribution is 6.09. The molecule has 2 amide bonds. The molecule has 2 saturated heterocycles. The summed E-state index contributed by atoms with van der Waals surface area (Å²) < 4.78 is 4.88. The molecule has 1 aromatic rings. The Morgan fingerprint density at radius 1 is 1.22 bits per heavy atom. The van der Waals surface area contributed by atoms with E-state index in [9.17, 15) is 14.4 Å². The Balaban J connectivity index is 2.09. The molecule has 6 nitrogen and oxygen atoms in total. The number of esters is 1. The summed E-state index contributed by atoms with van der Waals surface area (Å²) in [4.78, 5) is 38.5. The Kier molecular flexibility index (Phi) is 3.52. The Morgan fingerprint density at radius 2 is 1.83 bits per heavy atom. The molecule has 0 saturated carbocycles. The quantitative estimate of drug-likeness (QED) is 0.645. The van der Waals surface area contributed by atoms with Crippen molar-refractivity contribution in [3.05, 3.63) is 35.4 Å². The Labute approximate surface area is 134 Å². The number of fused-ring (bicyclic) bond motifs is 1. The molecule has 0 bridgehead atoms. The van der Waals surface area contributed by atoms with E-state index in [0.29, 0.717) is 0 Å².